The molecule has 0 aliphatic rings. The highest BCUT2D eigenvalue weighted by Gasteiger charge is 2.32. The number of halogens is 2. The van der Waals surface area contributed by atoms with Crippen molar-refractivity contribution in [2.75, 3.05) is 13.6 Å². The number of rotatable bonds is 14. The molecule has 2 aromatic rings. The molecular weight excluding hydrogens is 705 g/mol. The van der Waals surface area contributed by atoms with Crippen LogP contribution < -0.4 is 5.32 Å². The summed E-state index contributed by atoms with van der Waals surface area (Å²) < 4.78 is 23.7. The van der Waals surface area contributed by atoms with Gasteiger partial charge in [-0.2, -0.15) is 0 Å². The molecule has 1 aromatic carbocycles. The van der Waals surface area contributed by atoms with Crippen LogP contribution in [0.1, 0.15) is 73.1 Å². The number of benzene rings is 1. The number of carbonyl (C=O) groups is 4. The predicted molar refractivity (Wildman–Crippen MR) is 172 cm³/mol. The fourth-order valence-electron chi connectivity index (χ4n) is 3.84. The predicted octanol–water partition coefficient (Wildman–Crippen LogP) is 5.28. The first-order valence-corrected chi connectivity index (χ1v) is 15.7. The van der Waals surface area contributed by atoms with Crippen molar-refractivity contribution in [2.45, 2.75) is 86.9 Å². The maximum Gasteiger partial charge on any atom is 0.326 e. The van der Waals surface area contributed by atoms with Crippen LogP contribution in [0.2, 0.25) is 5.02 Å². The molecule has 13 heteroatoms. The van der Waals surface area contributed by atoms with Crippen molar-refractivity contribution < 1.29 is 38.1 Å². The fraction of sp³-hybridized carbons (Fsp3) is 0.581. The Kier molecular flexibility index (Phi) is 14.1. The molecule has 11 nitrogen and oxygen atoms in total. The standard InChI is InChI=1S/C31H43ClIN3O8/c1-19(2)9-24(26(37)41-17-43-28(39)30(3,4)5)35-25(27(38)42-18-44-29(40)31(6,7)8)13-23-14-34-16-36(23)15-20-10-21(32)12-22(33)11-20/h10-12,14,16,19,24-25,35H,9,13,15,17-18H2,1-8H3. The molecule has 2 atom stereocenters. The molecule has 0 aliphatic carbocycles. The van der Waals surface area contributed by atoms with E-state index in [1.165, 1.54) is 0 Å². The van der Waals surface area contributed by atoms with Gasteiger partial charge in [-0.1, -0.05) is 25.4 Å². The van der Waals surface area contributed by atoms with Gasteiger partial charge in [0.05, 0.1) is 17.2 Å². The van der Waals surface area contributed by atoms with Crippen LogP contribution in [0.15, 0.2) is 30.7 Å². The number of carbonyl (C=O) groups excluding carboxylic acids is 4. The number of ether oxygens (including phenoxy) is 4. The monoisotopic (exact) mass is 747 g/mol. The van der Waals surface area contributed by atoms with Crippen molar-refractivity contribution >= 4 is 58.1 Å². The van der Waals surface area contributed by atoms with E-state index < -0.39 is 60.4 Å². The van der Waals surface area contributed by atoms with Gasteiger partial charge in [-0.05, 0) is 100 Å². The van der Waals surface area contributed by atoms with E-state index in [0.717, 1.165) is 9.13 Å². The average Bonchev–Trinajstić information content (AvgIpc) is 3.31. The molecule has 1 aromatic heterocycles. The Labute approximate surface area is 277 Å². The van der Waals surface area contributed by atoms with Gasteiger partial charge >= 0.3 is 23.9 Å². The molecule has 2 unspecified atom stereocenters. The molecule has 0 aliphatic heterocycles. The molecule has 0 bridgehead atoms. The van der Waals surface area contributed by atoms with E-state index in [-0.39, 0.29) is 12.3 Å². The van der Waals surface area contributed by atoms with Gasteiger partial charge in [0.2, 0.25) is 13.6 Å². The number of nitrogens with zero attached hydrogens (tertiary/aromatic N) is 2. The van der Waals surface area contributed by atoms with E-state index in [9.17, 15) is 19.2 Å². The van der Waals surface area contributed by atoms with Gasteiger partial charge in [0.15, 0.2) is 0 Å². The van der Waals surface area contributed by atoms with Crippen molar-refractivity contribution in [3.05, 3.63) is 50.6 Å². The summed E-state index contributed by atoms with van der Waals surface area (Å²) in [5.41, 5.74) is 0.0712. The van der Waals surface area contributed by atoms with E-state index in [0.29, 0.717) is 23.7 Å². The van der Waals surface area contributed by atoms with Crippen LogP contribution in [-0.4, -0.2) is 59.1 Å². The highest BCUT2D eigenvalue weighted by molar-refractivity contribution is 14.1. The van der Waals surface area contributed by atoms with Gasteiger partial charge in [-0.3, -0.25) is 24.5 Å². The van der Waals surface area contributed by atoms with E-state index in [4.69, 9.17) is 30.5 Å². The summed E-state index contributed by atoms with van der Waals surface area (Å²) in [4.78, 5) is 55.1. The zero-order chi connectivity index (χ0) is 33.2. The molecule has 0 radical (unpaired) electrons. The number of nitrogens with one attached hydrogen (secondary N) is 1. The molecular formula is C31H43ClIN3O8. The van der Waals surface area contributed by atoms with Gasteiger partial charge in [0.1, 0.15) is 12.1 Å². The maximum atomic E-state index is 13.4. The van der Waals surface area contributed by atoms with Crippen LogP contribution >= 0.6 is 34.2 Å². The number of hydrogen-bond acceptors (Lipinski definition) is 10. The van der Waals surface area contributed by atoms with Crippen LogP contribution in [0.3, 0.4) is 0 Å². The Hall–Kier alpha value is -2.71. The van der Waals surface area contributed by atoms with Crippen LogP contribution in [0, 0.1) is 20.3 Å². The van der Waals surface area contributed by atoms with Gasteiger partial charge in [0.25, 0.3) is 0 Å². The minimum absolute atomic E-state index is 0.0393. The second-order valence-electron chi connectivity index (χ2n) is 12.9. The first kappa shape index (κ1) is 37.5. The largest absolute Gasteiger partial charge is 0.427 e. The third kappa shape index (κ3) is 12.7. The third-order valence-electron chi connectivity index (χ3n) is 6.17. The summed E-state index contributed by atoms with van der Waals surface area (Å²) in [5, 5.41) is 3.68. The zero-order valence-electron chi connectivity index (χ0n) is 26.6. The Morgan fingerprint density at radius 1 is 0.886 bits per heavy atom. The summed E-state index contributed by atoms with van der Waals surface area (Å²) in [6, 6.07) is 3.70. The first-order chi connectivity index (χ1) is 20.4. The summed E-state index contributed by atoms with van der Waals surface area (Å²) in [6.07, 6.45) is 3.67. The number of hydrogen-bond donors (Lipinski definition) is 1. The van der Waals surface area contributed by atoms with E-state index in [1.54, 1.807) is 54.1 Å². The molecule has 0 fully saturated rings. The maximum absolute atomic E-state index is 13.4. The Morgan fingerprint density at radius 2 is 1.43 bits per heavy atom. The number of esters is 4. The fourth-order valence-corrected chi connectivity index (χ4v) is 5.02. The van der Waals surface area contributed by atoms with Crippen molar-refractivity contribution in [1.82, 2.24) is 14.9 Å². The number of imidazole rings is 1. The molecule has 1 heterocycles. The van der Waals surface area contributed by atoms with Gasteiger partial charge in [-0.15, -0.1) is 0 Å². The van der Waals surface area contributed by atoms with E-state index in [2.05, 4.69) is 32.9 Å². The van der Waals surface area contributed by atoms with Crippen LogP contribution in [0.25, 0.3) is 0 Å². The SMILES string of the molecule is CC(C)CC(NC(Cc1cncn1Cc1cc(Cl)cc(I)c1)C(=O)OCOC(=O)C(C)(C)C)C(=O)OCOC(=O)C(C)(C)C. The summed E-state index contributed by atoms with van der Waals surface area (Å²) in [6.45, 7) is 13.2. The molecule has 44 heavy (non-hydrogen) atoms. The lowest BCUT2D eigenvalue weighted by atomic mass is 9.97. The molecule has 1 N–H and O–H groups in total. The van der Waals surface area contributed by atoms with Crippen molar-refractivity contribution in [2.24, 2.45) is 16.7 Å². The van der Waals surface area contributed by atoms with Crippen LogP contribution in [-0.2, 0) is 51.1 Å². The average molecular weight is 748 g/mol. The van der Waals surface area contributed by atoms with Crippen molar-refractivity contribution in [1.29, 1.82) is 0 Å². The minimum Gasteiger partial charge on any atom is -0.427 e. The lowest BCUT2D eigenvalue weighted by Crippen LogP contribution is -2.50. The highest BCUT2D eigenvalue weighted by Crippen LogP contribution is 2.20. The molecule has 244 valence electrons. The van der Waals surface area contributed by atoms with Crippen LogP contribution in [0.4, 0.5) is 0 Å². The van der Waals surface area contributed by atoms with Crippen LogP contribution in [0.5, 0.6) is 0 Å². The van der Waals surface area contributed by atoms with Crippen molar-refractivity contribution in [3.63, 3.8) is 0 Å². The quantitative estimate of drug-likeness (QED) is 0.155. The normalized spacial score (nSPS) is 13.2. The highest BCUT2D eigenvalue weighted by atomic mass is 127. The third-order valence-corrected chi connectivity index (χ3v) is 7.01. The summed E-state index contributed by atoms with van der Waals surface area (Å²) in [5.74, 6) is -2.45. The lowest BCUT2D eigenvalue weighted by Gasteiger charge is -2.25. The molecule has 0 amide bonds. The second-order valence-corrected chi connectivity index (χ2v) is 14.6. The van der Waals surface area contributed by atoms with E-state index in [1.807, 2.05) is 36.6 Å². The second kappa shape index (κ2) is 16.6. The molecule has 0 spiro atoms. The Morgan fingerprint density at radius 3 is 1.93 bits per heavy atom. The van der Waals surface area contributed by atoms with Crippen molar-refractivity contribution in [3.8, 4) is 0 Å². The van der Waals surface area contributed by atoms with E-state index >= 15 is 0 Å². The first-order valence-electron chi connectivity index (χ1n) is 14.2. The van der Waals surface area contributed by atoms with Gasteiger partial charge < -0.3 is 23.5 Å². The molecule has 0 saturated heterocycles. The van der Waals surface area contributed by atoms with Gasteiger partial charge in [0, 0.05) is 33.4 Å². The minimum atomic E-state index is -1.05. The van der Waals surface area contributed by atoms with Gasteiger partial charge in [-0.25, -0.2) is 4.98 Å². The summed E-state index contributed by atoms with van der Waals surface area (Å²) in [7, 11) is 0. The molecule has 0 saturated carbocycles. The summed E-state index contributed by atoms with van der Waals surface area (Å²) >= 11 is 8.44. The topological polar surface area (TPSA) is 135 Å². The molecule has 2 rings (SSSR count). The Bertz CT molecular complexity index is 1280. The lowest BCUT2D eigenvalue weighted by molar-refractivity contribution is -0.175. The smallest absolute Gasteiger partial charge is 0.326 e. The number of aromatic nitrogens is 2. The Balaban J connectivity index is 2.27. The zero-order valence-corrected chi connectivity index (χ0v) is 29.5.